The number of nitrogens with zero attached hydrogens (tertiary/aromatic N) is 2. The van der Waals surface area contributed by atoms with Crippen LogP contribution in [0.25, 0.3) is 0 Å². The van der Waals surface area contributed by atoms with E-state index in [0.717, 1.165) is 42.9 Å². The normalized spacial score (nSPS) is 16.6. The molecule has 0 saturated heterocycles. The fourth-order valence-electron chi connectivity index (χ4n) is 3.86. The maximum Gasteiger partial charge on any atom is 0.264 e. The minimum atomic E-state index is -3.60. The first-order chi connectivity index (χ1) is 12.0. The van der Waals surface area contributed by atoms with Crippen molar-refractivity contribution in [3.05, 3.63) is 47.5 Å². The average Bonchev–Trinajstić information content (AvgIpc) is 2.62. The SMILES string of the molecule is COc1ccc(S(=O)(=O)N2CCN3CCCc4cccc2c43)cc1C. The monoisotopic (exact) mass is 358 g/mol. The van der Waals surface area contributed by atoms with Crippen LogP contribution in [0.15, 0.2) is 41.3 Å². The third-order valence-corrected chi connectivity index (χ3v) is 6.89. The molecule has 2 aromatic rings. The van der Waals surface area contributed by atoms with Crippen LogP contribution in [0, 0.1) is 6.92 Å². The van der Waals surface area contributed by atoms with E-state index >= 15 is 0 Å². The molecule has 0 unspecified atom stereocenters. The van der Waals surface area contributed by atoms with Crippen molar-refractivity contribution in [3.8, 4) is 5.75 Å². The van der Waals surface area contributed by atoms with Crippen LogP contribution in [0.1, 0.15) is 17.5 Å². The first-order valence-corrected chi connectivity index (χ1v) is 10.0. The fraction of sp³-hybridized carbons (Fsp3) is 0.368. The summed E-state index contributed by atoms with van der Waals surface area (Å²) in [7, 11) is -2.01. The number of ether oxygens (including phenoxy) is 1. The van der Waals surface area contributed by atoms with Crippen molar-refractivity contribution in [2.24, 2.45) is 0 Å². The number of rotatable bonds is 3. The summed E-state index contributed by atoms with van der Waals surface area (Å²) < 4.78 is 33.4. The summed E-state index contributed by atoms with van der Waals surface area (Å²) in [5, 5.41) is 0. The molecule has 132 valence electrons. The zero-order valence-corrected chi connectivity index (χ0v) is 15.3. The molecule has 0 spiro atoms. The van der Waals surface area contributed by atoms with Gasteiger partial charge in [-0.2, -0.15) is 0 Å². The minimum absolute atomic E-state index is 0.313. The van der Waals surface area contributed by atoms with Gasteiger partial charge in [0.15, 0.2) is 0 Å². The Bertz CT molecular complexity index is 924. The Morgan fingerprint density at radius 2 is 1.92 bits per heavy atom. The van der Waals surface area contributed by atoms with Crippen LogP contribution >= 0.6 is 0 Å². The maximum atomic E-state index is 13.3. The molecule has 2 aliphatic heterocycles. The van der Waals surface area contributed by atoms with Crippen molar-refractivity contribution >= 4 is 21.4 Å². The lowest BCUT2D eigenvalue weighted by Gasteiger charge is -2.41. The lowest BCUT2D eigenvalue weighted by Crippen LogP contribution is -2.46. The number of benzene rings is 2. The molecule has 5 nitrogen and oxygen atoms in total. The van der Waals surface area contributed by atoms with Gasteiger partial charge in [0.2, 0.25) is 0 Å². The third kappa shape index (κ3) is 2.56. The van der Waals surface area contributed by atoms with Crippen LogP contribution < -0.4 is 13.9 Å². The second-order valence-corrected chi connectivity index (χ2v) is 8.45. The molecule has 6 heteroatoms. The van der Waals surface area contributed by atoms with Crippen molar-refractivity contribution in [1.82, 2.24) is 0 Å². The van der Waals surface area contributed by atoms with E-state index in [4.69, 9.17) is 4.74 Å². The highest BCUT2D eigenvalue weighted by Crippen LogP contribution is 2.41. The highest BCUT2D eigenvalue weighted by molar-refractivity contribution is 7.92. The smallest absolute Gasteiger partial charge is 0.264 e. The molecule has 4 rings (SSSR count). The topological polar surface area (TPSA) is 49.9 Å². The molecule has 0 bridgehead atoms. The first kappa shape index (κ1) is 16.3. The summed E-state index contributed by atoms with van der Waals surface area (Å²) in [6.07, 6.45) is 2.14. The van der Waals surface area contributed by atoms with Crippen molar-refractivity contribution < 1.29 is 13.2 Å². The molecular formula is C19H22N2O3S. The van der Waals surface area contributed by atoms with E-state index in [9.17, 15) is 8.42 Å². The number of sulfonamides is 1. The summed E-state index contributed by atoms with van der Waals surface area (Å²) in [5.74, 6) is 0.695. The Morgan fingerprint density at radius 1 is 1.08 bits per heavy atom. The number of para-hydroxylation sites is 1. The van der Waals surface area contributed by atoms with E-state index in [1.165, 1.54) is 5.56 Å². The molecule has 0 amide bonds. The zero-order valence-electron chi connectivity index (χ0n) is 14.5. The van der Waals surface area contributed by atoms with Gasteiger partial charge in [-0.15, -0.1) is 0 Å². The van der Waals surface area contributed by atoms with Gasteiger partial charge < -0.3 is 9.64 Å². The third-order valence-electron chi connectivity index (χ3n) is 5.08. The number of anilines is 2. The molecule has 0 N–H and O–H groups in total. The van der Waals surface area contributed by atoms with Gasteiger partial charge >= 0.3 is 0 Å². The number of aryl methyl sites for hydroxylation is 2. The first-order valence-electron chi connectivity index (χ1n) is 8.56. The summed E-state index contributed by atoms with van der Waals surface area (Å²) >= 11 is 0. The second-order valence-electron chi connectivity index (χ2n) is 6.58. The van der Waals surface area contributed by atoms with Gasteiger partial charge in [-0.05, 0) is 55.2 Å². The number of hydrogen-bond acceptors (Lipinski definition) is 4. The minimum Gasteiger partial charge on any atom is -0.496 e. The van der Waals surface area contributed by atoms with Gasteiger partial charge in [0.25, 0.3) is 10.0 Å². The molecule has 2 heterocycles. The molecule has 0 aliphatic carbocycles. The molecule has 0 saturated carbocycles. The van der Waals surface area contributed by atoms with Crippen molar-refractivity contribution in [1.29, 1.82) is 0 Å². The summed E-state index contributed by atoms with van der Waals surface area (Å²) in [4.78, 5) is 2.63. The van der Waals surface area contributed by atoms with Crippen LogP contribution in [-0.2, 0) is 16.4 Å². The van der Waals surface area contributed by atoms with Crippen LogP contribution in [0.3, 0.4) is 0 Å². The second kappa shape index (κ2) is 5.95. The molecule has 0 aromatic heterocycles. The summed E-state index contributed by atoms with van der Waals surface area (Å²) in [5.41, 5.74) is 3.96. The molecule has 25 heavy (non-hydrogen) atoms. The van der Waals surface area contributed by atoms with Crippen LogP contribution in [0.5, 0.6) is 5.75 Å². The quantitative estimate of drug-likeness (QED) is 0.846. The molecule has 0 atom stereocenters. The van der Waals surface area contributed by atoms with Crippen LogP contribution in [0.2, 0.25) is 0 Å². The summed E-state index contributed by atoms with van der Waals surface area (Å²) in [6.45, 7) is 4.07. The van der Waals surface area contributed by atoms with E-state index in [1.54, 1.807) is 29.6 Å². The lowest BCUT2D eigenvalue weighted by atomic mass is 9.99. The Balaban J connectivity index is 1.80. The molecule has 0 radical (unpaired) electrons. The molecular weight excluding hydrogens is 336 g/mol. The van der Waals surface area contributed by atoms with Crippen molar-refractivity contribution in [3.63, 3.8) is 0 Å². The fourth-order valence-corrected chi connectivity index (χ4v) is 5.41. The Hall–Kier alpha value is -2.21. The maximum absolute atomic E-state index is 13.3. The summed E-state index contributed by atoms with van der Waals surface area (Å²) in [6, 6.07) is 11.0. The number of methoxy groups -OCH3 is 1. The van der Waals surface area contributed by atoms with E-state index in [-0.39, 0.29) is 0 Å². The highest BCUT2D eigenvalue weighted by Gasteiger charge is 2.34. The van der Waals surface area contributed by atoms with Gasteiger partial charge in [0.05, 0.1) is 29.9 Å². The van der Waals surface area contributed by atoms with E-state index in [2.05, 4.69) is 11.0 Å². The predicted octanol–water partition coefficient (Wildman–Crippen LogP) is 2.97. The van der Waals surface area contributed by atoms with Crippen molar-refractivity contribution in [2.75, 3.05) is 35.9 Å². The van der Waals surface area contributed by atoms with E-state index < -0.39 is 10.0 Å². The molecule has 0 fully saturated rings. The number of hydrogen-bond donors (Lipinski definition) is 0. The van der Waals surface area contributed by atoms with Gasteiger partial charge in [0.1, 0.15) is 5.75 Å². The van der Waals surface area contributed by atoms with Crippen molar-refractivity contribution in [2.45, 2.75) is 24.7 Å². The highest BCUT2D eigenvalue weighted by atomic mass is 32.2. The van der Waals surface area contributed by atoms with Crippen LogP contribution in [-0.4, -0.2) is 35.2 Å². The van der Waals surface area contributed by atoms with Gasteiger partial charge in [-0.1, -0.05) is 12.1 Å². The standard InChI is InChI=1S/C19H22N2O3S/c1-14-13-16(8-9-18(14)24-2)25(22,23)21-12-11-20-10-4-6-15-5-3-7-17(21)19(15)20/h3,5,7-9,13H,4,6,10-12H2,1-2H3. The molecule has 2 aromatic carbocycles. The van der Waals surface area contributed by atoms with E-state index in [1.807, 2.05) is 19.1 Å². The van der Waals surface area contributed by atoms with E-state index in [0.29, 0.717) is 17.2 Å². The zero-order chi connectivity index (χ0) is 17.6. The van der Waals surface area contributed by atoms with Gasteiger partial charge in [0, 0.05) is 13.1 Å². The van der Waals surface area contributed by atoms with Gasteiger partial charge in [-0.25, -0.2) is 8.42 Å². The van der Waals surface area contributed by atoms with Gasteiger partial charge in [-0.3, -0.25) is 4.31 Å². The Morgan fingerprint density at radius 3 is 2.68 bits per heavy atom. The average molecular weight is 358 g/mol. The predicted molar refractivity (Wildman–Crippen MR) is 99.2 cm³/mol. The van der Waals surface area contributed by atoms with Crippen LogP contribution in [0.4, 0.5) is 11.4 Å². The Kier molecular flexibility index (Phi) is 3.87. The lowest BCUT2D eigenvalue weighted by molar-refractivity contribution is 0.411. The largest absolute Gasteiger partial charge is 0.496 e. The Labute approximate surface area is 148 Å². The molecule has 2 aliphatic rings.